The van der Waals surface area contributed by atoms with Gasteiger partial charge in [-0.05, 0) is 18.9 Å². The second-order valence-electron chi connectivity index (χ2n) is 0.962. The molecule has 0 spiro atoms. The van der Waals surface area contributed by atoms with E-state index < -0.39 is 5.90 Å². The van der Waals surface area contributed by atoms with Gasteiger partial charge < -0.3 is 16.2 Å². The van der Waals surface area contributed by atoms with Crippen molar-refractivity contribution in [2.45, 2.75) is 6.42 Å². The normalized spacial score (nSPS) is 7.00. The van der Waals surface area contributed by atoms with E-state index in [-0.39, 0.29) is 57.8 Å². The van der Waals surface area contributed by atoms with Crippen LogP contribution in [0, 0.1) is 5.41 Å². The van der Waals surface area contributed by atoms with Gasteiger partial charge in [0.2, 0.25) is 0 Å². The van der Waals surface area contributed by atoms with Gasteiger partial charge in [-0.2, -0.15) is 0 Å². The van der Waals surface area contributed by atoms with Gasteiger partial charge in [-0.3, -0.25) is 0 Å². The van der Waals surface area contributed by atoms with Gasteiger partial charge in [0.25, 0.3) is 0 Å². The Bertz CT molecular complexity index is 56.9. The molecular formula is C3H7KN2O. The van der Waals surface area contributed by atoms with Crippen molar-refractivity contribution in [2.75, 3.05) is 6.54 Å². The van der Waals surface area contributed by atoms with E-state index in [2.05, 4.69) is 0 Å². The molecule has 0 aromatic heterocycles. The van der Waals surface area contributed by atoms with Crippen LogP contribution in [0.5, 0.6) is 0 Å². The quantitative estimate of drug-likeness (QED) is 0.223. The molecule has 0 aromatic rings. The molecule has 36 valence electrons. The van der Waals surface area contributed by atoms with Crippen molar-refractivity contribution >= 4 is 5.90 Å². The van der Waals surface area contributed by atoms with E-state index in [1.165, 1.54) is 0 Å². The SMILES string of the molecule is N=C([O-])CCN.[K+]. The Balaban J connectivity index is 0. The average Bonchev–Trinajstić information content (AvgIpc) is 1.35. The van der Waals surface area contributed by atoms with E-state index in [1.807, 2.05) is 0 Å². The molecular weight excluding hydrogens is 119 g/mol. The van der Waals surface area contributed by atoms with Gasteiger partial charge in [0, 0.05) is 0 Å². The first-order valence-electron chi connectivity index (χ1n) is 1.72. The Labute approximate surface area is 85.2 Å². The fourth-order valence-electron chi connectivity index (χ4n) is 0.131. The van der Waals surface area contributed by atoms with E-state index in [4.69, 9.17) is 11.1 Å². The third-order valence-corrected chi connectivity index (χ3v) is 0.371. The van der Waals surface area contributed by atoms with E-state index in [0.717, 1.165) is 0 Å². The van der Waals surface area contributed by atoms with Crippen molar-refractivity contribution in [3.05, 3.63) is 0 Å². The number of hydrogen-bond donors (Lipinski definition) is 2. The molecule has 0 saturated carbocycles. The summed E-state index contributed by atoms with van der Waals surface area (Å²) in [6.07, 6.45) is 0.181. The van der Waals surface area contributed by atoms with E-state index in [9.17, 15) is 5.11 Å². The van der Waals surface area contributed by atoms with Crippen LogP contribution in [0.4, 0.5) is 0 Å². The molecule has 4 heteroatoms. The molecule has 0 saturated heterocycles. The molecule has 0 unspecified atom stereocenters. The van der Waals surface area contributed by atoms with Gasteiger partial charge in [0.05, 0.1) is 0 Å². The van der Waals surface area contributed by atoms with Crippen molar-refractivity contribution in [2.24, 2.45) is 5.73 Å². The minimum Gasteiger partial charge on any atom is -0.862 e. The molecule has 0 aliphatic heterocycles. The van der Waals surface area contributed by atoms with Crippen LogP contribution >= 0.6 is 0 Å². The molecule has 3 N–H and O–H groups in total. The van der Waals surface area contributed by atoms with Crippen LogP contribution in [0.1, 0.15) is 6.42 Å². The summed E-state index contributed by atoms with van der Waals surface area (Å²) in [5.74, 6) is -0.586. The van der Waals surface area contributed by atoms with E-state index in [0.29, 0.717) is 6.54 Å². The Morgan fingerprint density at radius 2 is 2.14 bits per heavy atom. The van der Waals surface area contributed by atoms with Crippen LogP contribution in [0.15, 0.2) is 0 Å². The predicted molar refractivity (Wildman–Crippen MR) is 21.4 cm³/mol. The summed E-state index contributed by atoms with van der Waals surface area (Å²) in [6, 6.07) is 0. The summed E-state index contributed by atoms with van der Waals surface area (Å²) in [5.41, 5.74) is 4.89. The molecule has 3 nitrogen and oxygen atoms in total. The number of hydrogen-bond acceptors (Lipinski definition) is 3. The molecule has 0 aromatic carbocycles. The molecule has 0 atom stereocenters. The fraction of sp³-hybridized carbons (Fsp3) is 0.667. The maximum absolute atomic E-state index is 9.63. The van der Waals surface area contributed by atoms with Crippen LogP contribution < -0.4 is 62.2 Å². The second-order valence-corrected chi connectivity index (χ2v) is 0.962. The van der Waals surface area contributed by atoms with Gasteiger partial charge in [-0.1, -0.05) is 0 Å². The first kappa shape index (κ1) is 10.9. The van der Waals surface area contributed by atoms with Gasteiger partial charge >= 0.3 is 51.4 Å². The van der Waals surface area contributed by atoms with Gasteiger partial charge in [-0.25, -0.2) is 0 Å². The zero-order valence-corrected chi connectivity index (χ0v) is 7.52. The monoisotopic (exact) mass is 126 g/mol. The first-order chi connectivity index (χ1) is 2.77. The zero-order valence-electron chi connectivity index (χ0n) is 4.40. The van der Waals surface area contributed by atoms with E-state index >= 15 is 0 Å². The van der Waals surface area contributed by atoms with Crippen molar-refractivity contribution < 1.29 is 56.5 Å². The molecule has 0 amide bonds. The summed E-state index contributed by atoms with van der Waals surface area (Å²) in [5, 5.41) is 15.9. The molecule has 0 fully saturated rings. The fourth-order valence-corrected chi connectivity index (χ4v) is 0.131. The largest absolute Gasteiger partial charge is 1.00 e. The second kappa shape index (κ2) is 7.07. The van der Waals surface area contributed by atoms with Gasteiger partial charge in [-0.15, -0.1) is 0 Å². The Morgan fingerprint density at radius 3 is 2.14 bits per heavy atom. The summed E-state index contributed by atoms with van der Waals surface area (Å²) in [7, 11) is 0. The third kappa shape index (κ3) is 11.0. The van der Waals surface area contributed by atoms with Gasteiger partial charge in [0.15, 0.2) is 0 Å². The molecule has 0 radical (unpaired) electrons. The van der Waals surface area contributed by atoms with Crippen LogP contribution in [-0.4, -0.2) is 12.4 Å². The molecule has 0 aliphatic rings. The molecule has 7 heavy (non-hydrogen) atoms. The minimum absolute atomic E-state index is 0. The number of rotatable bonds is 2. The van der Waals surface area contributed by atoms with Crippen LogP contribution in [0.25, 0.3) is 0 Å². The Hall–Kier alpha value is 1.07. The third-order valence-electron chi connectivity index (χ3n) is 0.371. The average molecular weight is 126 g/mol. The maximum Gasteiger partial charge on any atom is 1.00 e. The van der Waals surface area contributed by atoms with Crippen molar-refractivity contribution in [3.63, 3.8) is 0 Å². The first-order valence-corrected chi connectivity index (χ1v) is 1.72. The van der Waals surface area contributed by atoms with Crippen LogP contribution in [-0.2, 0) is 0 Å². The Morgan fingerprint density at radius 1 is 1.71 bits per heavy atom. The smallest absolute Gasteiger partial charge is 0.862 e. The number of nitrogens with one attached hydrogen (secondary N) is 1. The predicted octanol–water partition coefficient (Wildman–Crippen LogP) is -4.32. The molecule has 0 bridgehead atoms. The van der Waals surface area contributed by atoms with Gasteiger partial charge in [0.1, 0.15) is 0 Å². The minimum atomic E-state index is -0.586. The van der Waals surface area contributed by atoms with E-state index in [1.54, 1.807) is 0 Å². The standard InChI is InChI=1S/C3H8N2O.K/c4-2-1-3(5)6;/h1-2,4H2,(H2,5,6);/q;+1/p-1. The van der Waals surface area contributed by atoms with Crippen LogP contribution in [0.3, 0.4) is 0 Å². The maximum atomic E-state index is 9.63. The topological polar surface area (TPSA) is 72.9 Å². The summed E-state index contributed by atoms with van der Waals surface area (Å²) >= 11 is 0. The summed E-state index contributed by atoms with van der Waals surface area (Å²) < 4.78 is 0. The van der Waals surface area contributed by atoms with Crippen molar-refractivity contribution in [3.8, 4) is 0 Å². The zero-order chi connectivity index (χ0) is 4.99. The molecule has 0 aliphatic carbocycles. The van der Waals surface area contributed by atoms with Crippen molar-refractivity contribution in [1.29, 1.82) is 5.41 Å². The Kier molecular flexibility index (Phi) is 11.0. The summed E-state index contributed by atoms with van der Waals surface area (Å²) in [6.45, 7) is 0.294. The number of nitrogens with two attached hydrogens (primary N) is 1. The molecule has 0 rings (SSSR count). The summed E-state index contributed by atoms with van der Waals surface area (Å²) in [4.78, 5) is 0. The van der Waals surface area contributed by atoms with Crippen molar-refractivity contribution in [1.82, 2.24) is 0 Å². The molecule has 0 heterocycles. The van der Waals surface area contributed by atoms with Crippen LogP contribution in [0.2, 0.25) is 0 Å².